The molecule has 1 aromatic rings. The fraction of sp³-hybridized carbons (Fsp3) is 0.571. The summed E-state index contributed by atoms with van der Waals surface area (Å²) in [5.41, 5.74) is 6.34. The van der Waals surface area contributed by atoms with Gasteiger partial charge in [-0.3, -0.25) is 0 Å². The van der Waals surface area contributed by atoms with Crippen LogP contribution in [-0.4, -0.2) is 43.1 Å². The van der Waals surface area contributed by atoms with Crippen LogP contribution < -0.4 is 5.73 Å². The van der Waals surface area contributed by atoms with E-state index < -0.39 is 27.6 Å². The zero-order chi connectivity index (χ0) is 15.1. The minimum atomic E-state index is -3.56. The highest BCUT2D eigenvalue weighted by Crippen LogP contribution is 2.31. The molecule has 1 aliphatic heterocycles. The van der Waals surface area contributed by atoms with Gasteiger partial charge in [0.1, 0.15) is 0 Å². The van der Waals surface area contributed by atoms with Crippen molar-refractivity contribution in [3.05, 3.63) is 29.8 Å². The van der Waals surface area contributed by atoms with Crippen LogP contribution >= 0.6 is 0 Å². The van der Waals surface area contributed by atoms with Crippen molar-refractivity contribution in [1.29, 1.82) is 0 Å². The molecule has 0 bridgehead atoms. The monoisotopic (exact) mass is 298 g/mol. The molecule has 5 nitrogen and oxygen atoms in total. The van der Waals surface area contributed by atoms with Crippen molar-refractivity contribution in [2.45, 2.75) is 37.8 Å². The lowest BCUT2D eigenvalue weighted by molar-refractivity contribution is -0.0157. The molecule has 0 aliphatic carbocycles. The summed E-state index contributed by atoms with van der Waals surface area (Å²) >= 11 is 0. The Morgan fingerprint density at radius 3 is 2.35 bits per heavy atom. The molecule has 1 aromatic carbocycles. The summed E-state index contributed by atoms with van der Waals surface area (Å²) < 4.78 is 26.6. The largest absolute Gasteiger partial charge is 0.391 e. The summed E-state index contributed by atoms with van der Waals surface area (Å²) in [6, 6.07) is 6.19. The van der Waals surface area contributed by atoms with Crippen LogP contribution in [0.5, 0.6) is 0 Å². The molecule has 0 radical (unpaired) electrons. The highest BCUT2D eigenvalue weighted by molar-refractivity contribution is 7.89. The number of aliphatic hydroxyl groups excluding tert-OH is 1. The van der Waals surface area contributed by atoms with Crippen molar-refractivity contribution in [2.24, 2.45) is 11.1 Å². The fourth-order valence-electron chi connectivity index (χ4n) is 2.57. The molecule has 112 valence electrons. The summed E-state index contributed by atoms with van der Waals surface area (Å²) in [7, 11) is -3.56. The third-order valence-electron chi connectivity index (χ3n) is 3.86. The highest BCUT2D eigenvalue weighted by atomic mass is 32.2. The summed E-state index contributed by atoms with van der Waals surface area (Å²) in [6.07, 6.45) is -0.702. The lowest BCUT2D eigenvalue weighted by atomic mass is 9.80. The maximum absolute atomic E-state index is 12.6. The lowest BCUT2D eigenvalue weighted by Crippen LogP contribution is -2.61. The molecule has 1 fully saturated rings. The quantitative estimate of drug-likeness (QED) is 0.842. The summed E-state index contributed by atoms with van der Waals surface area (Å²) in [4.78, 5) is 0.266. The SMILES string of the molecule is Cc1ccc(S(=O)(=O)N2C[C@H](N)[C@H](O)C(C)(C)C2)cc1. The number of sulfonamides is 1. The minimum Gasteiger partial charge on any atom is -0.391 e. The van der Waals surface area contributed by atoms with E-state index in [0.29, 0.717) is 0 Å². The van der Waals surface area contributed by atoms with Gasteiger partial charge in [0.25, 0.3) is 0 Å². The summed E-state index contributed by atoms with van der Waals surface area (Å²) in [5.74, 6) is 0. The summed E-state index contributed by atoms with van der Waals surface area (Å²) in [6.45, 7) is 5.97. The van der Waals surface area contributed by atoms with Crippen LogP contribution in [-0.2, 0) is 10.0 Å². The first-order valence-corrected chi connectivity index (χ1v) is 8.09. The fourth-order valence-corrected chi connectivity index (χ4v) is 4.22. The molecule has 0 spiro atoms. The zero-order valence-electron chi connectivity index (χ0n) is 12.1. The number of hydrogen-bond acceptors (Lipinski definition) is 4. The van der Waals surface area contributed by atoms with Crippen molar-refractivity contribution in [2.75, 3.05) is 13.1 Å². The van der Waals surface area contributed by atoms with Crippen molar-refractivity contribution < 1.29 is 13.5 Å². The number of nitrogens with zero attached hydrogens (tertiary/aromatic N) is 1. The van der Waals surface area contributed by atoms with Gasteiger partial charge in [0.05, 0.1) is 11.0 Å². The topological polar surface area (TPSA) is 83.6 Å². The van der Waals surface area contributed by atoms with E-state index in [2.05, 4.69) is 0 Å². The summed E-state index contributed by atoms with van der Waals surface area (Å²) in [5, 5.41) is 10.0. The standard InChI is InChI=1S/C14H22N2O3S/c1-10-4-6-11(7-5-10)20(18,19)16-8-12(15)13(17)14(2,3)9-16/h4-7,12-13,17H,8-9,15H2,1-3H3/t12-,13-/m0/s1. The van der Waals surface area contributed by atoms with Crippen LogP contribution in [0.15, 0.2) is 29.2 Å². The second-order valence-corrected chi connectivity index (χ2v) is 8.15. The van der Waals surface area contributed by atoms with Gasteiger partial charge in [-0.15, -0.1) is 0 Å². The molecule has 3 N–H and O–H groups in total. The van der Waals surface area contributed by atoms with Gasteiger partial charge in [-0.05, 0) is 19.1 Å². The zero-order valence-corrected chi connectivity index (χ0v) is 12.9. The number of rotatable bonds is 2. The third kappa shape index (κ3) is 2.74. The number of benzene rings is 1. The van der Waals surface area contributed by atoms with E-state index in [4.69, 9.17) is 5.73 Å². The van der Waals surface area contributed by atoms with E-state index in [1.165, 1.54) is 4.31 Å². The number of aliphatic hydroxyl groups is 1. The number of aryl methyl sites for hydroxylation is 1. The average Bonchev–Trinajstić information content (AvgIpc) is 2.35. The first-order chi connectivity index (χ1) is 9.14. The molecular formula is C14H22N2O3S. The van der Waals surface area contributed by atoms with Gasteiger partial charge in [-0.25, -0.2) is 8.42 Å². The van der Waals surface area contributed by atoms with Gasteiger partial charge in [0, 0.05) is 24.5 Å². The Bertz CT molecular complexity index is 581. The van der Waals surface area contributed by atoms with Crippen molar-refractivity contribution in [1.82, 2.24) is 4.31 Å². The Hall–Kier alpha value is -0.950. The molecule has 20 heavy (non-hydrogen) atoms. The van der Waals surface area contributed by atoms with E-state index >= 15 is 0 Å². The molecule has 0 unspecified atom stereocenters. The first kappa shape index (κ1) is 15.4. The molecule has 0 amide bonds. The van der Waals surface area contributed by atoms with Gasteiger partial charge in [0.2, 0.25) is 10.0 Å². The van der Waals surface area contributed by atoms with Crippen LogP contribution in [0, 0.1) is 12.3 Å². The van der Waals surface area contributed by atoms with Crippen LogP contribution in [0.25, 0.3) is 0 Å². The molecule has 1 aliphatic rings. The Morgan fingerprint density at radius 2 is 1.85 bits per heavy atom. The van der Waals surface area contributed by atoms with Crippen LogP contribution in [0.2, 0.25) is 0 Å². The molecule has 0 aromatic heterocycles. The normalized spacial score (nSPS) is 27.4. The van der Waals surface area contributed by atoms with Crippen molar-refractivity contribution in [3.63, 3.8) is 0 Å². The van der Waals surface area contributed by atoms with Crippen LogP contribution in [0.4, 0.5) is 0 Å². The van der Waals surface area contributed by atoms with E-state index in [9.17, 15) is 13.5 Å². The van der Waals surface area contributed by atoms with Gasteiger partial charge in [-0.2, -0.15) is 4.31 Å². The number of piperidine rings is 1. The Labute approximate surface area is 120 Å². The average molecular weight is 298 g/mol. The van der Waals surface area contributed by atoms with Gasteiger partial charge < -0.3 is 10.8 Å². The molecule has 2 atom stereocenters. The molecular weight excluding hydrogens is 276 g/mol. The third-order valence-corrected chi connectivity index (χ3v) is 5.69. The van der Waals surface area contributed by atoms with E-state index in [1.54, 1.807) is 24.3 Å². The molecule has 2 rings (SSSR count). The predicted molar refractivity (Wildman–Crippen MR) is 77.7 cm³/mol. The van der Waals surface area contributed by atoms with Crippen molar-refractivity contribution >= 4 is 10.0 Å². The highest BCUT2D eigenvalue weighted by Gasteiger charge is 2.43. The second-order valence-electron chi connectivity index (χ2n) is 6.21. The molecule has 6 heteroatoms. The second kappa shape index (κ2) is 5.11. The number of nitrogens with two attached hydrogens (primary N) is 1. The molecule has 0 saturated carbocycles. The van der Waals surface area contributed by atoms with Crippen LogP contribution in [0.1, 0.15) is 19.4 Å². The van der Waals surface area contributed by atoms with Crippen molar-refractivity contribution in [3.8, 4) is 0 Å². The maximum Gasteiger partial charge on any atom is 0.243 e. The maximum atomic E-state index is 12.6. The lowest BCUT2D eigenvalue weighted by Gasteiger charge is -2.44. The Balaban J connectivity index is 2.33. The first-order valence-electron chi connectivity index (χ1n) is 6.65. The van der Waals surface area contributed by atoms with Gasteiger partial charge in [-0.1, -0.05) is 31.5 Å². The molecule has 1 saturated heterocycles. The Morgan fingerprint density at radius 1 is 1.30 bits per heavy atom. The number of hydrogen-bond donors (Lipinski definition) is 2. The predicted octanol–water partition coefficient (Wildman–Crippen LogP) is 0.714. The van der Waals surface area contributed by atoms with E-state index in [-0.39, 0.29) is 18.0 Å². The molecule has 1 heterocycles. The smallest absolute Gasteiger partial charge is 0.243 e. The van der Waals surface area contributed by atoms with E-state index in [1.807, 2.05) is 20.8 Å². The Kier molecular flexibility index (Phi) is 3.94. The van der Waals surface area contributed by atoms with E-state index in [0.717, 1.165) is 5.56 Å². The van der Waals surface area contributed by atoms with Crippen LogP contribution in [0.3, 0.4) is 0 Å². The minimum absolute atomic E-state index is 0.140. The van der Waals surface area contributed by atoms with Gasteiger partial charge in [0.15, 0.2) is 0 Å². The van der Waals surface area contributed by atoms with Gasteiger partial charge >= 0.3 is 0 Å².